The number of Topliss-reactive ketones (excluding diaryl/α,β-unsaturated/α-hetero) is 1. The first-order valence-corrected chi connectivity index (χ1v) is 8.90. The molecule has 1 amide bonds. The molecular formula is C19H23F3N2O2. The van der Waals surface area contributed by atoms with Gasteiger partial charge in [0.15, 0.2) is 0 Å². The molecule has 1 saturated carbocycles. The second kappa shape index (κ2) is 7.02. The molecule has 0 radical (unpaired) electrons. The fraction of sp³-hybridized carbons (Fsp3) is 0.579. The fourth-order valence-electron chi connectivity index (χ4n) is 3.86. The summed E-state index contributed by atoms with van der Waals surface area (Å²) < 4.78 is 38.1. The zero-order valence-corrected chi connectivity index (χ0v) is 14.8. The van der Waals surface area contributed by atoms with E-state index in [0.29, 0.717) is 17.9 Å². The van der Waals surface area contributed by atoms with Crippen LogP contribution in [0.25, 0.3) is 0 Å². The van der Waals surface area contributed by atoms with E-state index in [4.69, 9.17) is 0 Å². The molecule has 2 fully saturated rings. The van der Waals surface area contributed by atoms with Crippen LogP contribution < -0.4 is 5.32 Å². The summed E-state index contributed by atoms with van der Waals surface area (Å²) in [5, 5.41) is 2.44. The number of rotatable bonds is 6. The van der Waals surface area contributed by atoms with Crippen molar-refractivity contribution in [3.8, 4) is 0 Å². The molecule has 1 unspecified atom stereocenters. The Kier molecular flexibility index (Phi) is 5.10. The number of halogens is 3. The van der Waals surface area contributed by atoms with Gasteiger partial charge in [-0.15, -0.1) is 0 Å². The zero-order valence-electron chi connectivity index (χ0n) is 14.8. The van der Waals surface area contributed by atoms with Crippen molar-refractivity contribution in [3.63, 3.8) is 0 Å². The van der Waals surface area contributed by atoms with Crippen molar-refractivity contribution < 1.29 is 22.8 Å². The molecule has 7 heteroatoms. The number of carbonyl (C=O) groups is 2. The first-order valence-electron chi connectivity index (χ1n) is 8.90. The molecular weight excluding hydrogens is 345 g/mol. The van der Waals surface area contributed by atoms with Crippen LogP contribution in [0.3, 0.4) is 0 Å². The van der Waals surface area contributed by atoms with Gasteiger partial charge < -0.3 is 10.2 Å². The largest absolute Gasteiger partial charge is 0.416 e. The number of hydrogen-bond acceptors (Lipinski definition) is 3. The minimum Gasteiger partial charge on any atom is -0.326 e. The molecule has 0 spiro atoms. The number of likely N-dealkylation sites (tertiary alicyclic amines) is 1. The smallest absolute Gasteiger partial charge is 0.326 e. The Labute approximate surface area is 150 Å². The van der Waals surface area contributed by atoms with E-state index < -0.39 is 17.6 Å². The number of fused-ring (bicyclic) bond motifs is 1. The molecule has 3 rings (SSSR count). The molecule has 0 bridgehead atoms. The molecule has 1 aromatic carbocycles. The molecule has 1 N–H and O–H groups in total. The predicted octanol–water partition coefficient (Wildman–Crippen LogP) is 3.58. The van der Waals surface area contributed by atoms with E-state index >= 15 is 0 Å². The number of amides is 1. The van der Waals surface area contributed by atoms with E-state index in [9.17, 15) is 22.8 Å². The maximum atomic E-state index is 12.7. The second-order valence-electron chi connectivity index (χ2n) is 7.49. The van der Waals surface area contributed by atoms with Crippen LogP contribution in [0.4, 0.5) is 18.9 Å². The lowest BCUT2D eigenvalue weighted by Crippen LogP contribution is -2.32. The topological polar surface area (TPSA) is 49.4 Å². The van der Waals surface area contributed by atoms with Crippen molar-refractivity contribution in [1.29, 1.82) is 0 Å². The van der Waals surface area contributed by atoms with Gasteiger partial charge in [0.05, 0.1) is 5.56 Å². The number of benzene rings is 1. The summed E-state index contributed by atoms with van der Waals surface area (Å²) in [5.74, 6) is 0.550. The summed E-state index contributed by atoms with van der Waals surface area (Å²) >= 11 is 0. The third-order valence-electron chi connectivity index (χ3n) is 5.40. The van der Waals surface area contributed by atoms with E-state index in [-0.39, 0.29) is 30.2 Å². The van der Waals surface area contributed by atoms with Crippen LogP contribution in [0.5, 0.6) is 0 Å². The quantitative estimate of drug-likeness (QED) is 0.835. The van der Waals surface area contributed by atoms with Crippen molar-refractivity contribution in [2.45, 2.75) is 38.9 Å². The van der Waals surface area contributed by atoms with Gasteiger partial charge in [-0.2, -0.15) is 13.2 Å². The number of nitrogens with zero attached hydrogens (tertiary/aromatic N) is 1. The van der Waals surface area contributed by atoms with E-state index in [1.54, 1.807) is 0 Å². The van der Waals surface area contributed by atoms with Crippen LogP contribution >= 0.6 is 0 Å². The van der Waals surface area contributed by atoms with Crippen LogP contribution in [-0.2, 0) is 15.8 Å². The average molecular weight is 368 g/mol. The maximum Gasteiger partial charge on any atom is 0.416 e. The number of piperidine rings is 1. The number of anilines is 1. The van der Waals surface area contributed by atoms with E-state index in [1.165, 1.54) is 12.1 Å². The van der Waals surface area contributed by atoms with E-state index in [1.807, 2.05) is 0 Å². The Bertz CT molecular complexity index is 690. The van der Waals surface area contributed by atoms with Gasteiger partial charge in [-0.05, 0) is 43.9 Å². The van der Waals surface area contributed by atoms with Gasteiger partial charge in [0.25, 0.3) is 0 Å². The van der Waals surface area contributed by atoms with Gasteiger partial charge in [0.2, 0.25) is 5.91 Å². The summed E-state index contributed by atoms with van der Waals surface area (Å²) in [6.45, 7) is 6.16. The second-order valence-corrected chi connectivity index (χ2v) is 7.49. The summed E-state index contributed by atoms with van der Waals surface area (Å²) in [5.41, 5.74) is -0.722. The molecule has 0 aromatic heterocycles. The molecule has 1 aliphatic carbocycles. The Hall–Kier alpha value is -1.89. The standard InChI is InChI=1S/C19H23F3N2O2/c1-11(2)24-9-14-15(10-24)18(14)16(25)6-7-17(26)23-13-5-3-4-12(8-13)19(20,21)22/h3-5,8,11,14-15,18H,6-7,9-10H2,1-2H3,(H,23,26)/t14-,15+,18?. The van der Waals surface area contributed by atoms with Gasteiger partial charge >= 0.3 is 6.18 Å². The highest BCUT2D eigenvalue weighted by Gasteiger charge is 2.58. The SMILES string of the molecule is CC(C)N1C[C@@H]2C(C(=O)CCC(=O)Nc3cccc(C(F)(F)F)c3)[C@@H]2C1. The molecule has 2 aliphatic rings. The van der Waals surface area contributed by atoms with Crippen LogP contribution in [0.2, 0.25) is 0 Å². The number of ketones is 1. The summed E-state index contributed by atoms with van der Waals surface area (Å²) in [6.07, 6.45) is -4.31. The lowest BCUT2D eigenvalue weighted by atomic mass is 10.1. The summed E-state index contributed by atoms with van der Waals surface area (Å²) in [7, 11) is 0. The van der Waals surface area contributed by atoms with Gasteiger partial charge in [-0.25, -0.2) is 0 Å². The zero-order chi connectivity index (χ0) is 19.1. The van der Waals surface area contributed by atoms with Crippen molar-refractivity contribution in [1.82, 2.24) is 4.90 Å². The van der Waals surface area contributed by atoms with Crippen molar-refractivity contribution >= 4 is 17.4 Å². The number of nitrogens with one attached hydrogen (secondary N) is 1. The van der Waals surface area contributed by atoms with Crippen LogP contribution in [0, 0.1) is 17.8 Å². The van der Waals surface area contributed by atoms with Crippen LogP contribution in [0.1, 0.15) is 32.3 Å². The minimum atomic E-state index is -4.45. The van der Waals surface area contributed by atoms with Crippen LogP contribution in [-0.4, -0.2) is 35.7 Å². The number of alkyl halides is 3. The van der Waals surface area contributed by atoms with Crippen molar-refractivity contribution in [2.24, 2.45) is 17.8 Å². The maximum absolute atomic E-state index is 12.7. The summed E-state index contributed by atoms with van der Waals surface area (Å²) in [4.78, 5) is 26.6. The van der Waals surface area contributed by atoms with Crippen LogP contribution in [0.15, 0.2) is 24.3 Å². The highest BCUT2D eigenvalue weighted by atomic mass is 19.4. The summed E-state index contributed by atoms with van der Waals surface area (Å²) in [6, 6.07) is 4.98. The lowest BCUT2D eigenvalue weighted by Gasteiger charge is -2.23. The molecule has 1 aliphatic heterocycles. The molecule has 142 valence electrons. The van der Waals surface area contributed by atoms with Gasteiger partial charge in [0, 0.05) is 43.6 Å². The first-order chi connectivity index (χ1) is 12.2. The highest BCUT2D eigenvalue weighted by molar-refractivity contribution is 5.94. The van der Waals surface area contributed by atoms with E-state index in [2.05, 4.69) is 24.1 Å². The predicted molar refractivity (Wildman–Crippen MR) is 91.5 cm³/mol. The molecule has 1 heterocycles. The monoisotopic (exact) mass is 368 g/mol. The molecule has 4 nitrogen and oxygen atoms in total. The van der Waals surface area contributed by atoms with Crippen molar-refractivity contribution in [3.05, 3.63) is 29.8 Å². The fourth-order valence-corrected chi connectivity index (χ4v) is 3.86. The Balaban J connectivity index is 1.45. The average Bonchev–Trinajstić information content (AvgIpc) is 3.05. The first kappa shape index (κ1) is 18.9. The molecule has 3 atom stereocenters. The van der Waals surface area contributed by atoms with E-state index in [0.717, 1.165) is 25.2 Å². The minimum absolute atomic E-state index is 0.00108. The normalized spacial score (nSPS) is 25.2. The Morgan fingerprint density at radius 3 is 2.42 bits per heavy atom. The molecule has 1 saturated heterocycles. The number of hydrogen-bond donors (Lipinski definition) is 1. The van der Waals surface area contributed by atoms with Gasteiger partial charge in [-0.1, -0.05) is 6.07 Å². The Morgan fingerprint density at radius 1 is 1.19 bits per heavy atom. The molecule has 26 heavy (non-hydrogen) atoms. The molecule has 1 aromatic rings. The number of carbonyl (C=O) groups excluding carboxylic acids is 2. The highest BCUT2D eigenvalue weighted by Crippen LogP contribution is 2.53. The van der Waals surface area contributed by atoms with Gasteiger partial charge in [0.1, 0.15) is 5.78 Å². The lowest BCUT2D eigenvalue weighted by molar-refractivity contribution is -0.137. The third kappa shape index (κ3) is 4.09. The van der Waals surface area contributed by atoms with Crippen molar-refractivity contribution in [2.75, 3.05) is 18.4 Å². The third-order valence-corrected chi connectivity index (χ3v) is 5.40. The Morgan fingerprint density at radius 2 is 1.85 bits per heavy atom. The van der Waals surface area contributed by atoms with Gasteiger partial charge in [-0.3, -0.25) is 9.59 Å².